The highest BCUT2D eigenvalue weighted by atomic mass is 79.9. The van der Waals surface area contributed by atoms with Gasteiger partial charge < -0.3 is 9.97 Å². The van der Waals surface area contributed by atoms with Crippen molar-refractivity contribution in [1.82, 2.24) is 9.97 Å². The van der Waals surface area contributed by atoms with Crippen molar-refractivity contribution >= 4 is 31.6 Å². The lowest BCUT2D eigenvalue weighted by atomic mass is 10.5. The molecule has 2 N–H and O–H groups in total. The van der Waals surface area contributed by atoms with Crippen LogP contribution < -0.4 is 9.86 Å². The number of sulfonamides is 1. The molecule has 0 amide bonds. The maximum atomic E-state index is 12.3. The topological polar surface area (TPSA) is 86.0 Å². The third-order valence-corrected chi connectivity index (χ3v) is 4.67. The summed E-state index contributed by atoms with van der Waals surface area (Å²) in [5.41, 5.74) is -0.199. The normalized spacial score (nSPS) is 11.4. The molecule has 2 aromatic heterocycles. The van der Waals surface area contributed by atoms with E-state index in [0.717, 1.165) is 4.31 Å². The highest BCUT2D eigenvalue weighted by Crippen LogP contribution is 2.20. The lowest BCUT2D eigenvalue weighted by molar-refractivity contribution is 0.593. The van der Waals surface area contributed by atoms with Gasteiger partial charge in [0.1, 0.15) is 0 Å². The van der Waals surface area contributed by atoms with Gasteiger partial charge in [-0.05, 0) is 28.1 Å². The molecular formula is C10H10BrN3O3S. The van der Waals surface area contributed by atoms with E-state index < -0.39 is 15.6 Å². The van der Waals surface area contributed by atoms with E-state index in [0.29, 0.717) is 10.2 Å². The van der Waals surface area contributed by atoms with Crippen LogP contribution in [0.3, 0.4) is 0 Å². The number of pyridine rings is 1. The molecule has 0 spiro atoms. The van der Waals surface area contributed by atoms with Crippen molar-refractivity contribution < 1.29 is 8.42 Å². The number of rotatable bonds is 3. The average Bonchev–Trinajstić information content (AvgIpc) is 2.84. The second-order valence-electron chi connectivity index (χ2n) is 3.55. The van der Waals surface area contributed by atoms with E-state index in [2.05, 4.69) is 25.9 Å². The molecule has 0 aliphatic rings. The second kappa shape index (κ2) is 4.62. The van der Waals surface area contributed by atoms with E-state index in [-0.39, 0.29) is 4.90 Å². The minimum atomic E-state index is -3.88. The van der Waals surface area contributed by atoms with E-state index in [1.165, 1.54) is 25.5 Å². The average molecular weight is 332 g/mol. The molecule has 0 fully saturated rings. The maximum absolute atomic E-state index is 12.3. The summed E-state index contributed by atoms with van der Waals surface area (Å²) in [5, 5.41) is 0. The third-order valence-electron chi connectivity index (χ3n) is 2.42. The Morgan fingerprint density at radius 2 is 2.06 bits per heavy atom. The van der Waals surface area contributed by atoms with Crippen molar-refractivity contribution in [3.05, 3.63) is 45.5 Å². The van der Waals surface area contributed by atoms with Gasteiger partial charge in [-0.2, -0.15) is 0 Å². The molecule has 0 atom stereocenters. The number of halogens is 1. The van der Waals surface area contributed by atoms with Crippen molar-refractivity contribution in [3.8, 4) is 0 Å². The zero-order valence-electron chi connectivity index (χ0n) is 9.34. The highest BCUT2D eigenvalue weighted by molar-refractivity contribution is 9.10. The molecule has 6 nitrogen and oxygen atoms in total. The summed E-state index contributed by atoms with van der Waals surface area (Å²) in [7, 11) is -2.49. The lowest BCUT2D eigenvalue weighted by Gasteiger charge is -2.17. The van der Waals surface area contributed by atoms with Gasteiger partial charge in [0.05, 0.1) is 5.69 Å². The Balaban J connectivity index is 2.55. The van der Waals surface area contributed by atoms with E-state index in [9.17, 15) is 13.2 Å². The van der Waals surface area contributed by atoms with Gasteiger partial charge in [-0.1, -0.05) is 0 Å². The quantitative estimate of drug-likeness (QED) is 0.888. The van der Waals surface area contributed by atoms with E-state index in [4.69, 9.17) is 0 Å². The van der Waals surface area contributed by atoms with Crippen LogP contribution in [0.4, 0.5) is 5.69 Å². The fraction of sp³-hybridized carbons (Fsp3) is 0.100. The van der Waals surface area contributed by atoms with Gasteiger partial charge in [0.25, 0.3) is 15.6 Å². The number of nitrogens with zero attached hydrogens (tertiary/aromatic N) is 1. The van der Waals surface area contributed by atoms with E-state index in [1.54, 1.807) is 12.3 Å². The van der Waals surface area contributed by atoms with Gasteiger partial charge in [-0.3, -0.25) is 9.10 Å². The number of aromatic nitrogens is 2. The molecule has 0 saturated carbocycles. The molecule has 18 heavy (non-hydrogen) atoms. The summed E-state index contributed by atoms with van der Waals surface area (Å²) in [6.07, 6.45) is 4.52. The number of hydrogen-bond donors (Lipinski definition) is 2. The van der Waals surface area contributed by atoms with Crippen LogP contribution in [0.5, 0.6) is 0 Å². The summed E-state index contributed by atoms with van der Waals surface area (Å²) in [5.74, 6) is 0. The molecule has 2 aromatic rings. The molecule has 8 heteroatoms. The minimum absolute atomic E-state index is 0.305. The fourth-order valence-electron chi connectivity index (χ4n) is 1.43. The second-order valence-corrected chi connectivity index (χ2v) is 6.41. The number of H-pyrrole nitrogens is 2. The minimum Gasteiger partial charge on any atom is -0.366 e. The van der Waals surface area contributed by atoms with Crippen molar-refractivity contribution in [1.29, 1.82) is 0 Å². The molecule has 0 aliphatic heterocycles. The molecule has 0 saturated heterocycles. The van der Waals surface area contributed by atoms with Crippen LogP contribution in [0, 0.1) is 0 Å². The van der Waals surface area contributed by atoms with Gasteiger partial charge >= 0.3 is 0 Å². The summed E-state index contributed by atoms with van der Waals surface area (Å²) in [6.45, 7) is 0. The molecule has 0 aromatic carbocycles. The van der Waals surface area contributed by atoms with Crippen LogP contribution in [0.15, 0.2) is 44.9 Å². The molecule has 2 heterocycles. The van der Waals surface area contributed by atoms with Gasteiger partial charge in [-0.25, -0.2) is 8.42 Å². The van der Waals surface area contributed by atoms with Gasteiger partial charge in [0.2, 0.25) is 0 Å². The van der Waals surface area contributed by atoms with Crippen molar-refractivity contribution in [2.45, 2.75) is 4.90 Å². The zero-order chi connectivity index (χ0) is 13.3. The number of hydrogen-bond acceptors (Lipinski definition) is 3. The van der Waals surface area contributed by atoms with Crippen LogP contribution in [-0.2, 0) is 10.0 Å². The van der Waals surface area contributed by atoms with Gasteiger partial charge in [-0.15, -0.1) is 0 Å². The Bertz CT molecular complexity index is 706. The Hall–Kier alpha value is -1.54. The van der Waals surface area contributed by atoms with Crippen LogP contribution in [0.2, 0.25) is 0 Å². The molecule has 2 rings (SSSR count). The lowest BCUT2D eigenvalue weighted by Crippen LogP contribution is -2.31. The van der Waals surface area contributed by atoms with Crippen molar-refractivity contribution in [3.63, 3.8) is 0 Å². The molecular weight excluding hydrogens is 322 g/mol. The number of anilines is 1. The van der Waals surface area contributed by atoms with Crippen LogP contribution in [-0.4, -0.2) is 25.4 Å². The summed E-state index contributed by atoms with van der Waals surface area (Å²) < 4.78 is 26.1. The van der Waals surface area contributed by atoms with Gasteiger partial charge in [0, 0.05) is 30.1 Å². The first-order valence-electron chi connectivity index (χ1n) is 4.93. The molecule has 0 unspecified atom stereocenters. The molecule has 0 bridgehead atoms. The van der Waals surface area contributed by atoms with Crippen molar-refractivity contribution in [2.75, 3.05) is 11.4 Å². The van der Waals surface area contributed by atoms with Crippen LogP contribution in [0.25, 0.3) is 0 Å². The first kappa shape index (κ1) is 12.9. The first-order valence-corrected chi connectivity index (χ1v) is 7.16. The SMILES string of the molecule is CN(c1cc[nH]c1)S(=O)(=O)c1cc(Br)c[nH]c1=O. The van der Waals surface area contributed by atoms with E-state index in [1.807, 2.05) is 0 Å². The summed E-state index contributed by atoms with van der Waals surface area (Å²) >= 11 is 3.13. The summed E-state index contributed by atoms with van der Waals surface area (Å²) in [6, 6.07) is 2.88. The molecule has 0 radical (unpaired) electrons. The van der Waals surface area contributed by atoms with Crippen molar-refractivity contribution in [2.24, 2.45) is 0 Å². The van der Waals surface area contributed by atoms with Crippen LogP contribution >= 0.6 is 15.9 Å². The molecule has 96 valence electrons. The largest absolute Gasteiger partial charge is 0.366 e. The predicted molar refractivity (Wildman–Crippen MR) is 71.1 cm³/mol. The smallest absolute Gasteiger partial charge is 0.269 e. The number of nitrogens with one attached hydrogen (secondary N) is 2. The maximum Gasteiger partial charge on any atom is 0.269 e. The van der Waals surface area contributed by atoms with E-state index >= 15 is 0 Å². The Labute approximate surface area is 112 Å². The Morgan fingerprint density at radius 1 is 1.33 bits per heavy atom. The monoisotopic (exact) mass is 331 g/mol. The standard InChI is InChI=1S/C10H10BrN3O3S/c1-14(8-2-3-12-6-8)18(16,17)9-4-7(11)5-13-10(9)15/h2-6,12H,1H3,(H,13,15). The zero-order valence-corrected chi connectivity index (χ0v) is 11.7. The Kier molecular flexibility index (Phi) is 3.31. The van der Waals surface area contributed by atoms with Gasteiger partial charge in [0.15, 0.2) is 4.90 Å². The van der Waals surface area contributed by atoms with Crippen LogP contribution in [0.1, 0.15) is 0 Å². The predicted octanol–water partition coefficient (Wildman–Crippen LogP) is 1.29. The Morgan fingerprint density at radius 3 is 2.67 bits per heavy atom. The summed E-state index contributed by atoms with van der Waals surface area (Å²) in [4.78, 5) is 16.4. The number of aromatic amines is 2. The first-order chi connectivity index (χ1) is 8.43. The highest BCUT2D eigenvalue weighted by Gasteiger charge is 2.24. The fourth-order valence-corrected chi connectivity index (χ4v) is 3.18. The third kappa shape index (κ3) is 2.21. The molecule has 0 aliphatic carbocycles.